The average molecular weight is 352 g/mol. The Kier molecular flexibility index (Phi) is 4.42. The largest absolute Gasteiger partial charge is 0.497 e. The van der Waals surface area contributed by atoms with E-state index >= 15 is 0 Å². The third kappa shape index (κ3) is 2.60. The molecule has 3 aliphatic rings. The quantitative estimate of drug-likeness (QED) is 0.695. The van der Waals surface area contributed by atoms with E-state index in [0.717, 1.165) is 50.7 Å². The third-order valence-corrected chi connectivity index (χ3v) is 6.49. The molecule has 138 valence electrons. The molecule has 3 aliphatic carbocycles. The maximum atomic E-state index is 11.7. The van der Waals surface area contributed by atoms with Gasteiger partial charge in [-0.1, -0.05) is 25.5 Å². The van der Waals surface area contributed by atoms with Crippen molar-refractivity contribution in [2.75, 3.05) is 7.11 Å². The van der Waals surface area contributed by atoms with Gasteiger partial charge in [0.1, 0.15) is 11.9 Å². The molecule has 0 heterocycles. The van der Waals surface area contributed by atoms with E-state index in [4.69, 9.17) is 9.47 Å². The Balaban J connectivity index is 1.75. The lowest BCUT2D eigenvalue weighted by atomic mass is 9.62. The Hall–Kier alpha value is -2.03. The molecule has 0 aromatic heterocycles. The summed E-state index contributed by atoms with van der Waals surface area (Å²) in [6.07, 6.45) is 9.75. The monoisotopic (exact) mass is 352 g/mol. The first kappa shape index (κ1) is 17.4. The molecule has 0 amide bonds. The van der Waals surface area contributed by atoms with Crippen molar-refractivity contribution in [2.24, 2.45) is 5.41 Å². The fourth-order valence-corrected chi connectivity index (χ4v) is 5.48. The first-order chi connectivity index (χ1) is 12.6. The number of ether oxygens (including phenoxy) is 2. The third-order valence-electron chi connectivity index (χ3n) is 6.49. The van der Waals surface area contributed by atoms with Crippen LogP contribution in [0.5, 0.6) is 5.75 Å². The standard InChI is InChI=1S/C23H28O3/c1-4-12-23-13-11-19-18-8-6-17(25-3)14-16(18)5-7-20(19)21(23)9-10-22(23)26-15(2)24/h6,8-9,14,22H,4-5,7,10-13H2,1-3H3/t22-,23-/m1/s1. The topological polar surface area (TPSA) is 35.5 Å². The summed E-state index contributed by atoms with van der Waals surface area (Å²) in [4.78, 5) is 11.7. The lowest BCUT2D eigenvalue weighted by molar-refractivity contribution is -0.151. The van der Waals surface area contributed by atoms with Crippen LogP contribution in [0.2, 0.25) is 0 Å². The molecule has 4 rings (SSSR count). The van der Waals surface area contributed by atoms with Gasteiger partial charge in [0, 0.05) is 18.8 Å². The van der Waals surface area contributed by atoms with Crippen molar-refractivity contribution < 1.29 is 14.3 Å². The molecule has 0 unspecified atom stereocenters. The van der Waals surface area contributed by atoms with Crippen LogP contribution < -0.4 is 4.74 Å². The maximum absolute atomic E-state index is 11.7. The van der Waals surface area contributed by atoms with Crippen LogP contribution in [-0.2, 0) is 16.0 Å². The number of esters is 1. The van der Waals surface area contributed by atoms with Crippen LogP contribution in [0.1, 0.15) is 63.5 Å². The van der Waals surface area contributed by atoms with Gasteiger partial charge in [0.2, 0.25) is 0 Å². The number of hydrogen-bond donors (Lipinski definition) is 0. The smallest absolute Gasteiger partial charge is 0.302 e. The summed E-state index contributed by atoms with van der Waals surface area (Å²) in [7, 11) is 1.73. The van der Waals surface area contributed by atoms with Gasteiger partial charge < -0.3 is 9.47 Å². The number of benzene rings is 1. The summed E-state index contributed by atoms with van der Waals surface area (Å²) in [5.74, 6) is 0.792. The van der Waals surface area contributed by atoms with Crippen molar-refractivity contribution in [1.82, 2.24) is 0 Å². The van der Waals surface area contributed by atoms with Gasteiger partial charge in [-0.05, 0) is 72.1 Å². The fourth-order valence-electron chi connectivity index (χ4n) is 5.48. The minimum absolute atomic E-state index is 0.0151. The molecule has 0 aliphatic heterocycles. The molecule has 26 heavy (non-hydrogen) atoms. The van der Waals surface area contributed by atoms with Crippen LogP contribution in [0.25, 0.3) is 5.57 Å². The Morgan fingerprint density at radius 3 is 2.81 bits per heavy atom. The van der Waals surface area contributed by atoms with Crippen molar-refractivity contribution >= 4 is 11.5 Å². The number of hydrogen-bond acceptors (Lipinski definition) is 3. The predicted molar refractivity (Wildman–Crippen MR) is 103 cm³/mol. The first-order valence-corrected chi connectivity index (χ1v) is 9.86. The van der Waals surface area contributed by atoms with Crippen molar-refractivity contribution in [3.8, 4) is 5.75 Å². The SMILES string of the molecule is CCC[C@@]12CCC3=C(CCc4cc(OC)ccc43)C1=CC[C@H]2OC(C)=O. The maximum Gasteiger partial charge on any atom is 0.302 e. The van der Waals surface area contributed by atoms with Crippen LogP contribution in [0.3, 0.4) is 0 Å². The van der Waals surface area contributed by atoms with Gasteiger partial charge in [0.15, 0.2) is 0 Å². The lowest BCUT2D eigenvalue weighted by Crippen LogP contribution is -2.39. The molecule has 0 bridgehead atoms. The number of aryl methyl sites for hydroxylation is 1. The highest BCUT2D eigenvalue weighted by atomic mass is 16.5. The Morgan fingerprint density at radius 2 is 2.08 bits per heavy atom. The summed E-state index contributed by atoms with van der Waals surface area (Å²) in [6, 6.07) is 6.50. The molecular formula is C23H28O3. The molecule has 0 N–H and O–H groups in total. The zero-order chi connectivity index (χ0) is 18.3. The second-order valence-electron chi connectivity index (χ2n) is 7.84. The summed E-state index contributed by atoms with van der Waals surface area (Å²) in [6.45, 7) is 3.78. The van der Waals surface area contributed by atoms with E-state index in [1.807, 2.05) is 0 Å². The van der Waals surface area contributed by atoms with Crippen LogP contribution in [0, 0.1) is 5.41 Å². The average Bonchev–Trinajstić information content (AvgIpc) is 2.99. The molecule has 1 aromatic rings. The fraction of sp³-hybridized carbons (Fsp3) is 0.522. The van der Waals surface area contributed by atoms with Gasteiger partial charge in [0.05, 0.1) is 7.11 Å². The van der Waals surface area contributed by atoms with Crippen LogP contribution >= 0.6 is 0 Å². The molecule has 1 aromatic carbocycles. The second-order valence-corrected chi connectivity index (χ2v) is 7.84. The molecular weight excluding hydrogens is 324 g/mol. The van der Waals surface area contributed by atoms with E-state index in [1.165, 1.54) is 34.8 Å². The highest BCUT2D eigenvalue weighted by Gasteiger charge is 2.50. The van der Waals surface area contributed by atoms with Crippen LogP contribution in [0.15, 0.2) is 35.4 Å². The van der Waals surface area contributed by atoms with Crippen molar-refractivity contribution in [3.63, 3.8) is 0 Å². The number of carbonyl (C=O) groups excluding carboxylic acids is 1. The van der Waals surface area contributed by atoms with Gasteiger partial charge in [-0.2, -0.15) is 0 Å². The summed E-state index contributed by atoms with van der Waals surface area (Å²) in [5, 5.41) is 0. The molecule has 0 saturated carbocycles. The summed E-state index contributed by atoms with van der Waals surface area (Å²) in [5.41, 5.74) is 7.35. The molecule has 0 saturated heterocycles. The van der Waals surface area contributed by atoms with E-state index in [2.05, 4.69) is 31.2 Å². The Bertz CT molecular complexity index is 802. The van der Waals surface area contributed by atoms with E-state index in [0.29, 0.717) is 0 Å². The Labute approximate surface area is 156 Å². The zero-order valence-electron chi connectivity index (χ0n) is 16.1. The number of rotatable bonds is 4. The first-order valence-electron chi connectivity index (χ1n) is 9.86. The molecule has 0 fully saturated rings. The molecule has 3 heteroatoms. The van der Waals surface area contributed by atoms with Crippen molar-refractivity contribution in [2.45, 2.75) is 64.9 Å². The van der Waals surface area contributed by atoms with Crippen LogP contribution in [0.4, 0.5) is 0 Å². The molecule has 0 radical (unpaired) electrons. The summed E-state index contributed by atoms with van der Waals surface area (Å²) < 4.78 is 11.2. The Morgan fingerprint density at radius 1 is 1.23 bits per heavy atom. The van der Waals surface area contributed by atoms with E-state index < -0.39 is 0 Å². The number of methoxy groups -OCH3 is 1. The van der Waals surface area contributed by atoms with E-state index in [-0.39, 0.29) is 17.5 Å². The van der Waals surface area contributed by atoms with Gasteiger partial charge in [-0.15, -0.1) is 0 Å². The number of fused-ring (bicyclic) bond motifs is 4. The van der Waals surface area contributed by atoms with E-state index in [9.17, 15) is 4.79 Å². The van der Waals surface area contributed by atoms with Gasteiger partial charge in [0.25, 0.3) is 0 Å². The molecule has 3 nitrogen and oxygen atoms in total. The normalized spacial score (nSPS) is 26.6. The minimum atomic E-state index is -0.152. The van der Waals surface area contributed by atoms with Crippen LogP contribution in [-0.4, -0.2) is 19.2 Å². The van der Waals surface area contributed by atoms with Gasteiger partial charge in [-0.25, -0.2) is 0 Å². The van der Waals surface area contributed by atoms with Crippen molar-refractivity contribution in [3.05, 3.63) is 46.5 Å². The molecule has 0 spiro atoms. The highest BCUT2D eigenvalue weighted by molar-refractivity contribution is 5.79. The highest BCUT2D eigenvalue weighted by Crippen LogP contribution is 2.58. The second kappa shape index (κ2) is 6.61. The van der Waals surface area contributed by atoms with Gasteiger partial charge in [-0.3, -0.25) is 4.79 Å². The summed E-state index contributed by atoms with van der Waals surface area (Å²) >= 11 is 0. The van der Waals surface area contributed by atoms with Gasteiger partial charge >= 0.3 is 5.97 Å². The number of carbonyl (C=O) groups is 1. The number of allylic oxidation sites excluding steroid dienone is 2. The van der Waals surface area contributed by atoms with E-state index in [1.54, 1.807) is 7.11 Å². The zero-order valence-corrected chi connectivity index (χ0v) is 16.1. The predicted octanol–water partition coefficient (Wildman–Crippen LogP) is 5.24. The lowest BCUT2D eigenvalue weighted by Gasteiger charge is -2.44. The van der Waals surface area contributed by atoms with Crippen molar-refractivity contribution in [1.29, 1.82) is 0 Å². The minimum Gasteiger partial charge on any atom is -0.497 e. The molecule has 2 atom stereocenters.